The highest BCUT2D eigenvalue weighted by Crippen LogP contribution is 2.35. The zero-order valence-electron chi connectivity index (χ0n) is 9.29. The predicted molar refractivity (Wildman–Crippen MR) is 81.3 cm³/mol. The Kier molecular flexibility index (Phi) is 4.67. The third-order valence-corrected chi connectivity index (χ3v) is 3.93. The molecule has 5 heteroatoms. The fourth-order valence-corrected chi connectivity index (χ4v) is 2.73. The van der Waals surface area contributed by atoms with E-state index in [2.05, 4.69) is 31.9 Å². The summed E-state index contributed by atoms with van der Waals surface area (Å²) in [7, 11) is 0. The summed E-state index contributed by atoms with van der Waals surface area (Å²) in [6.45, 7) is 0.394. The van der Waals surface area contributed by atoms with Gasteiger partial charge < -0.3 is 10.5 Å². The van der Waals surface area contributed by atoms with Crippen molar-refractivity contribution in [1.82, 2.24) is 0 Å². The van der Waals surface area contributed by atoms with Gasteiger partial charge in [0.2, 0.25) is 0 Å². The highest BCUT2D eigenvalue weighted by atomic mass is 79.9. The summed E-state index contributed by atoms with van der Waals surface area (Å²) in [5.74, 6) is 1.31. The fourth-order valence-electron chi connectivity index (χ4n) is 1.51. The summed E-state index contributed by atoms with van der Waals surface area (Å²) >= 11 is 12.9. The monoisotopic (exact) mass is 389 g/mol. The van der Waals surface area contributed by atoms with Gasteiger partial charge in [-0.3, -0.25) is 0 Å². The molecule has 2 aromatic carbocycles. The Morgan fingerprint density at radius 2 is 1.89 bits per heavy atom. The van der Waals surface area contributed by atoms with Gasteiger partial charge in [0, 0.05) is 21.1 Å². The molecule has 0 aliphatic heterocycles. The van der Waals surface area contributed by atoms with Gasteiger partial charge in [-0.25, -0.2) is 0 Å². The quantitative estimate of drug-likeness (QED) is 0.789. The van der Waals surface area contributed by atoms with Crippen LogP contribution in [0.3, 0.4) is 0 Å². The highest BCUT2D eigenvalue weighted by Gasteiger charge is 2.09. The predicted octanol–water partition coefficient (Wildman–Crippen LogP) is 5.12. The largest absolute Gasteiger partial charge is 0.455 e. The van der Waals surface area contributed by atoms with Crippen molar-refractivity contribution >= 4 is 43.5 Å². The first-order valence-corrected chi connectivity index (χ1v) is 7.18. The molecule has 0 radical (unpaired) electrons. The van der Waals surface area contributed by atoms with E-state index in [0.29, 0.717) is 23.1 Å². The van der Waals surface area contributed by atoms with E-state index in [1.54, 1.807) is 6.07 Å². The van der Waals surface area contributed by atoms with Crippen LogP contribution in [0.4, 0.5) is 0 Å². The summed E-state index contributed by atoms with van der Waals surface area (Å²) in [6.07, 6.45) is 0. The number of hydrogen-bond acceptors (Lipinski definition) is 2. The van der Waals surface area contributed by atoms with Gasteiger partial charge in [0.25, 0.3) is 0 Å². The maximum atomic E-state index is 6.12. The Labute approximate surface area is 127 Å². The highest BCUT2D eigenvalue weighted by molar-refractivity contribution is 9.10. The molecule has 0 aliphatic carbocycles. The van der Waals surface area contributed by atoms with Gasteiger partial charge in [0.1, 0.15) is 11.5 Å². The van der Waals surface area contributed by atoms with Crippen LogP contribution in [-0.2, 0) is 6.54 Å². The van der Waals surface area contributed by atoms with Gasteiger partial charge in [-0.15, -0.1) is 0 Å². The molecule has 2 nitrogen and oxygen atoms in total. The molecule has 2 N–H and O–H groups in total. The van der Waals surface area contributed by atoms with Crippen LogP contribution >= 0.6 is 43.5 Å². The lowest BCUT2D eigenvalue weighted by molar-refractivity contribution is 0.476. The molecule has 0 spiro atoms. The van der Waals surface area contributed by atoms with Crippen LogP contribution in [0.5, 0.6) is 11.5 Å². The average molecular weight is 391 g/mol. The fraction of sp³-hybridized carbons (Fsp3) is 0.0769. The molecule has 18 heavy (non-hydrogen) atoms. The molecular weight excluding hydrogens is 381 g/mol. The number of halogens is 3. The Balaban J connectivity index is 2.37. The number of ether oxygens (including phenoxy) is 1. The number of nitrogens with two attached hydrogens (primary N) is 1. The van der Waals surface area contributed by atoms with Crippen LogP contribution < -0.4 is 10.5 Å². The first-order valence-electron chi connectivity index (χ1n) is 5.22. The Morgan fingerprint density at radius 3 is 2.56 bits per heavy atom. The molecular formula is C13H10Br2ClNO. The molecule has 94 valence electrons. The Hall–Kier alpha value is -0.550. The molecule has 0 aliphatic rings. The minimum absolute atomic E-state index is 0.394. The smallest absolute Gasteiger partial charge is 0.146 e. The minimum atomic E-state index is 0.394. The maximum Gasteiger partial charge on any atom is 0.146 e. The molecule has 0 saturated carbocycles. The third-order valence-electron chi connectivity index (χ3n) is 2.39. The standard InChI is InChI=1S/C13H10Br2ClNO/c14-8-4-5-13(11(16)6-8)18-12-3-1-2-10(15)9(12)7-17/h1-6H,7,17H2. The van der Waals surface area contributed by atoms with Crippen LogP contribution in [-0.4, -0.2) is 0 Å². The van der Waals surface area contributed by atoms with Crippen molar-refractivity contribution in [3.8, 4) is 11.5 Å². The molecule has 0 saturated heterocycles. The lowest BCUT2D eigenvalue weighted by Crippen LogP contribution is -2.00. The number of rotatable bonds is 3. The van der Waals surface area contributed by atoms with E-state index in [9.17, 15) is 0 Å². The van der Waals surface area contributed by atoms with E-state index in [0.717, 1.165) is 14.5 Å². The van der Waals surface area contributed by atoms with Crippen LogP contribution in [0.1, 0.15) is 5.56 Å². The molecule has 0 aromatic heterocycles. The van der Waals surface area contributed by atoms with Gasteiger partial charge in [0.05, 0.1) is 5.02 Å². The summed E-state index contributed by atoms with van der Waals surface area (Å²) in [5.41, 5.74) is 6.63. The normalized spacial score (nSPS) is 10.4. The van der Waals surface area contributed by atoms with Gasteiger partial charge in [-0.1, -0.05) is 49.5 Å². The zero-order valence-corrected chi connectivity index (χ0v) is 13.2. The second-order valence-corrected chi connectivity index (χ2v) is 5.77. The van der Waals surface area contributed by atoms with Crippen LogP contribution in [0.25, 0.3) is 0 Å². The van der Waals surface area contributed by atoms with Gasteiger partial charge in [-0.05, 0) is 30.3 Å². The first kappa shape index (κ1) is 13.9. The maximum absolute atomic E-state index is 6.12. The van der Waals surface area contributed by atoms with E-state index in [4.69, 9.17) is 22.1 Å². The van der Waals surface area contributed by atoms with Crippen molar-refractivity contribution in [3.05, 3.63) is 55.9 Å². The SMILES string of the molecule is NCc1c(Br)cccc1Oc1ccc(Br)cc1Cl. The van der Waals surface area contributed by atoms with Gasteiger partial charge in [0.15, 0.2) is 0 Å². The molecule has 0 amide bonds. The van der Waals surface area contributed by atoms with Crippen molar-refractivity contribution in [2.24, 2.45) is 5.73 Å². The van der Waals surface area contributed by atoms with Crippen molar-refractivity contribution in [2.75, 3.05) is 0 Å². The van der Waals surface area contributed by atoms with Crippen molar-refractivity contribution in [2.45, 2.75) is 6.54 Å². The second-order valence-electron chi connectivity index (χ2n) is 3.60. The molecule has 2 rings (SSSR count). The van der Waals surface area contributed by atoms with Crippen molar-refractivity contribution in [1.29, 1.82) is 0 Å². The minimum Gasteiger partial charge on any atom is -0.455 e. The molecule has 0 fully saturated rings. The van der Waals surface area contributed by atoms with Crippen molar-refractivity contribution in [3.63, 3.8) is 0 Å². The second kappa shape index (κ2) is 6.06. The van der Waals surface area contributed by atoms with Crippen LogP contribution in [0.2, 0.25) is 5.02 Å². The first-order chi connectivity index (χ1) is 8.61. The molecule has 2 aromatic rings. The Bertz CT molecular complexity index is 575. The summed E-state index contributed by atoms with van der Waals surface area (Å²) in [4.78, 5) is 0. The average Bonchev–Trinajstić information content (AvgIpc) is 2.33. The van der Waals surface area contributed by atoms with Gasteiger partial charge >= 0.3 is 0 Å². The summed E-state index contributed by atoms with van der Waals surface area (Å²) in [6, 6.07) is 11.2. The molecule has 0 atom stereocenters. The van der Waals surface area contributed by atoms with E-state index in [1.807, 2.05) is 30.3 Å². The third kappa shape index (κ3) is 3.06. The molecule has 0 bridgehead atoms. The number of hydrogen-bond donors (Lipinski definition) is 1. The molecule has 0 heterocycles. The van der Waals surface area contributed by atoms with Crippen LogP contribution in [0, 0.1) is 0 Å². The lowest BCUT2D eigenvalue weighted by atomic mass is 10.2. The summed E-state index contributed by atoms with van der Waals surface area (Å²) in [5, 5.41) is 0.548. The van der Waals surface area contributed by atoms with Crippen LogP contribution in [0.15, 0.2) is 45.3 Å². The van der Waals surface area contributed by atoms with Crippen molar-refractivity contribution < 1.29 is 4.74 Å². The lowest BCUT2D eigenvalue weighted by Gasteiger charge is -2.12. The van der Waals surface area contributed by atoms with E-state index >= 15 is 0 Å². The molecule has 0 unspecified atom stereocenters. The van der Waals surface area contributed by atoms with E-state index in [-0.39, 0.29) is 0 Å². The van der Waals surface area contributed by atoms with E-state index < -0.39 is 0 Å². The number of benzene rings is 2. The van der Waals surface area contributed by atoms with E-state index in [1.165, 1.54) is 0 Å². The Morgan fingerprint density at radius 1 is 1.11 bits per heavy atom. The summed E-state index contributed by atoms with van der Waals surface area (Å²) < 4.78 is 7.64. The van der Waals surface area contributed by atoms with Gasteiger partial charge in [-0.2, -0.15) is 0 Å². The topological polar surface area (TPSA) is 35.2 Å². The zero-order chi connectivity index (χ0) is 13.1.